The lowest BCUT2D eigenvalue weighted by Crippen LogP contribution is -2.36. The zero-order valence-electron chi connectivity index (χ0n) is 17.7. The molecule has 0 saturated carbocycles. The fraction of sp³-hybridized carbons (Fsp3) is 0.200. The minimum atomic E-state index is -0.940. The van der Waals surface area contributed by atoms with Crippen LogP contribution in [0.1, 0.15) is 17.2 Å². The zero-order valence-corrected chi connectivity index (χ0v) is 19.3. The first kappa shape index (κ1) is 21.5. The van der Waals surface area contributed by atoms with Crippen molar-refractivity contribution in [2.45, 2.75) is 18.7 Å². The average Bonchev–Trinajstić information content (AvgIpc) is 3.34. The summed E-state index contributed by atoms with van der Waals surface area (Å²) >= 11 is 3.37. The van der Waals surface area contributed by atoms with E-state index in [1.165, 1.54) is 12.0 Å². The molecule has 3 aromatic carbocycles. The summed E-state index contributed by atoms with van der Waals surface area (Å²) in [6, 6.07) is 21.5. The van der Waals surface area contributed by atoms with Gasteiger partial charge in [0.05, 0.1) is 29.9 Å². The van der Waals surface area contributed by atoms with Crippen LogP contribution < -0.4 is 9.80 Å². The van der Waals surface area contributed by atoms with Gasteiger partial charge >= 0.3 is 0 Å². The third kappa shape index (κ3) is 3.65. The van der Waals surface area contributed by atoms with Crippen molar-refractivity contribution in [3.05, 3.63) is 88.4 Å². The van der Waals surface area contributed by atoms with Crippen LogP contribution in [-0.2, 0) is 21.0 Å². The summed E-state index contributed by atoms with van der Waals surface area (Å²) in [4.78, 5) is 34.3. The monoisotopic (exact) mass is 508 g/mol. The molecule has 168 valence electrons. The number of hydrogen-bond donors (Lipinski definition) is 1. The number of amides is 2. The van der Waals surface area contributed by atoms with E-state index in [1.54, 1.807) is 17.2 Å². The molecule has 3 atom stereocenters. The SMILES string of the molecule is COc1cc([C@@H]2[C@H]3C(=O)N(Cc4ccccc4)C(=O)[C@H]3ON2c2ccccc2)cc(Br)c1O. The maximum Gasteiger partial charge on any atom is 0.262 e. The minimum Gasteiger partial charge on any atom is -0.503 e. The van der Waals surface area contributed by atoms with Crippen LogP contribution >= 0.6 is 15.9 Å². The van der Waals surface area contributed by atoms with Crippen LogP contribution in [0.25, 0.3) is 0 Å². The Hall–Kier alpha value is -3.36. The Morgan fingerprint density at radius 1 is 1.00 bits per heavy atom. The lowest BCUT2D eigenvalue weighted by atomic mass is 9.90. The summed E-state index contributed by atoms with van der Waals surface area (Å²) < 4.78 is 5.75. The van der Waals surface area contributed by atoms with E-state index in [2.05, 4.69) is 15.9 Å². The van der Waals surface area contributed by atoms with Crippen molar-refractivity contribution in [3.8, 4) is 11.5 Å². The standard InChI is InChI=1S/C25H21BrN2O5/c1-32-19-13-16(12-18(26)22(19)29)21-20-23(33-28(21)17-10-6-3-7-11-17)25(31)27(24(20)30)14-15-8-4-2-5-9-15/h2-13,20-21,23,29H,14H2,1H3/t20-,21-,23+/m1/s1. The van der Waals surface area contributed by atoms with Crippen molar-refractivity contribution < 1.29 is 24.3 Å². The molecule has 2 heterocycles. The maximum absolute atomic E-state index is 13.6. The molecule has 2 amide bonds. The topological polar surface area (TPSA) is 79.3 Å². The van der Waals surface area contributed by atoms with Crippen molar-refractivity contribution in [1.29, 1.82) is 0 Å². The minimum absolute atomic E-state index is 0.0393. The molecular weight excluding hydrogens is 488 g/mol. The molecule has 0 aromatic heterocycles. The van der Waals surface area contributed by atoms with Crippen molar-refractivity contribution in [2.24, 2.45) is 5.92 Å². The number of carbonyl (C=O) groups excluding carboxylic acids is 2. The van der Waals surface area contributed by atoms with E-state index < -0.39 is 18.1 Å². The fourth-order valence-electron chi connectivity index (χ4n) is 4.45. The van der Waals surface area contributed by atoms with Gasteiger partial charge in [-0.2, -0.15) is 0 Å². The lowest BCUT2D eigenvalue weighted by Gasteiger charge is -2.29. The van der Waals surface area contributed by atoms with Crippen LogP contribution in [0.5, 0.6) is 11.5 Å². The smallest absolute Gasteiger partial charge is 0.262 e. The van der Waals surface area contributed by atoms with E-state index in [4.69, 9.17) is 9.57 Å². The van der Waals surface area contributed by atoms with Crippen molar-refractivity contribution in [2.75, 3.05) is 12.2 Å². The number of halogens is 1. The number of nitrogens with zero attached hydrogens (tertiary/aromatic N) is 2. The van der Waals surface area contributed by atoms with Gasteiger partial charge in [-0.3, -0.25) is 19.3 Å². The third-order valence-electron chi connectivity index (χ3n) is 6.01. The maximum atomic E-state index is 13.6. The summed E-state index contributed by atoms with van der Waals surface area (Å²) in [7, 11) is 1.46. The van der Waals surface area contributed by atoms with Gasteiger partial charge in [0, 0.05) is 0 Å². The van der Waals surface area contributed by atoms with Gasteiger partial charge in [0.25, 0.3) is 5.91 Å². The van der Waals surface area contributed by atoms with E-state index >= 15 is 0 Å². The van der Waals surface area contributed by atoms with Gasteiger partial charge in [-0.05, 0) is 51.3 Å². The number of rotatable bonds is 5. The number of aromatic hydroxyl groups is 1. The highest BCUT2D eigenvalue weighted by Gasteiger charge is 2.59. The number of fused-ring (bicyclic) bond motifs is 1. The molecule has 1 N–H and O–H groups in total. The number of phenols is 1. The Kier molecular flexibility index (Phi) is 5.55. The summed E-state index contributed by atoms with van der Waals surface area (Å²) in [6.45, 7) is 0.190. The number of benzene rings is 3. The molecule has 0 aliphatic carbocycles. The Bertz CT molecular complexity index is 1200. The molecule has 0 spiro atoms. The fourth-order valence-corrected chi connectivity index (χ4v) is 4.91. The Labute approximate surface area is 199 Å². The first-order chi connectivity index (χ1) is 16.0. The first-order valence-electron chi connectivity index (χ1n) is 10.5. The van der Waals surface area contributed by atoms with Gasteiger partial charge in [0.2, 0.25) is 5.91 Å². The van der Waals surface area contributed by atoms with Crippen LogP contribution in [0, 0.1) is 5.92 Å². The van der Waals surface area contributed by atoms with Crippen molar-refractivity contribution in [1.82, 2.24) is 4.90 Å². The molecule has 0 radical (unpaired) electrons. The second kappa shape index (κ2) is 8.53. The number of carbonyl (C=O) groups is 2. The molecule has 2 saturated heterocycles. The number of hydroxylamine groups is 1. The molecule has 8 heteroatoms. The molecule has 2 aliphatic heterocycles. The average molecular weight is 509 g/mol. The van der Waals surface area contributed by atoms with E-state index in [9.17, 15) is 14.7 Å². The molecule has 0 unspecified atom stereocenters. The summed E-state index contributed by atoms with van der Waals surface area (Å²) in [6.07, 6.45) is -0.940. The highest BCUT2D eigenvalue weighted by Crippen LogP contribution is 2.49. The van der Waals surface area contributed by atoms with E-state index in [-0.39, 0.29) is 29.9 Å². The number of anilines is 1. The van der Waals surface area contributed by atoms with E-state index in [0.717, 1.165) is 11.3 Å². The van der Waals surface area contributed by atoms with E-state index in [0.29, 0.717) is 10.0 Å². The van der Waals surface area contributed by atoms with Crippen molar-refractivity contribution in [3.63, 3.8) is 0 Å². The number of phenolic OH excluding ortho intramolecular Hbond substituents is 1. The number of para-hydroxylation sites is 1. The van der Waals surface area contributed by atoms with Gasteiger partial charge in [-0.15, -0.1) is 0 Å². The molecule has 33 heavy (non-hydrogen) atoms. The van der Waals surface area contributed by atoms with Crippen LogP contribution in [-0.4, -0.2) is 35.0 Å². The second-order valence-corrected chi connectivity index (χ2v) is 8.81. The number of ether oxygens (including phenoxy) is 1. The normalized spacial score (nSPS) is 22.1. The molecule has 2 fully saturated rings. The Morgan fingerprint density at radius 2 is 1.67 bits per heavy atom. The highest BCUT2D eigenvalue weighted by molar-refractivity contribution is 9.10. The number of methoxy groups -OCH3 is 1. The zero-order chi connectivity index (χ0) is 23.1. The molecule has 2 aliphatic rings. The van der Waals surface area contributed by atoms with E-state index in [1.807, 2.05) is 60.7 Å². The second-order valence-electron chi connectivity index (χ2n) is 7.96. The van der Waals surface area contributed by atoms with Gasteiger partial charge in [-0.25, -0.2) is 5.06 Å². The first-order valence-corrected chi connectivity index (χ1v) is 11.3. The van der Waals surface area contributed by atoms with Gasteiger partial charge in [0.1, 0.15) is 5.92 Å². The lowest BCUT2D eigenvalue weighted by molar-refractivity contribution is -0.143. The van der Waals surface area contributed by atoms with Crippen LogP contribution in [0.15, 0.2) is 77.3 Å². The molecular formula is C25H21BrN2O5. The molecule has 7 nitrogen and oxygen atoms in total. The number of hydrogen-bond acceptors (Lipinski definition) is 6. The van der Waals surface area contributed by atoms with Crippen molar-refractivity contribution >= 4 is 33.4 Å². The van der Waals surface area contributed by atoms with Crippen LogP contribution in [0.3, 0.4) is 0 Å². The predicted octanol–water partition coefficient (Wildman–Crippen LogP) is 4.21. The number of imide groups is 1. The molecule has 0 bridgehead atoms. The quantitative estimate of drug-likeness (QED) is 0.520. The largest absolute Gasteiger partial charge is 0.503 e. The van der Waals surface area contributed by atoms with Gasteiger partial charge in [-0.1, -0.05) is 48.5 Å². The summed E-state index contributed by atoms with van der Waals surface area (Å²) in [5, 5.41) is 11.9. The van der Waals surface area contributed by atoms with Gasteiger partial charge < -0.3 is 9.84 Å². The highest BCUT2D eigenvalue weighted by atomic mass is 79.9. The van der Waals surface area contributed by atoms with Crippen LogP contribution in [0.2, 0.25) is 0 Å². The Morgan fingerprint density at radius 3 is 2.33 bits per heavy atom. The summed E-state index contributed by atoms with van der Waals surface area (Å²) in [5.41, 5.74) is 2.26. The molecule has 3 aromatic rings. The summed E-state index contributed by atoms with van der Waals surface area (Å²) in [5.74, 6) is -1.18. The molecule has 5 rings (SSSR count). The van der Waals surface area contributed by atoms with Crippen LogP contribution in [0.4, 0.5) is 5.69 Å². The predicted molar refractivity (Wildman–Crippen MR) is 124 cm³/mol. The number of likely N-dealkylation sites (tertiary alicyclic amines) is 1. The Balaban J connectivity index is 1.57. The third-order valence-corrected chi connectivity index (χ3v) is 6.62. The van der Waals surface area contributed by atoms with Gasteiger partial charge in [0.15, 0.2) is 17.6 Å².